The second kappa shape index (κ2) is 5.99. The van der Waals surface area contributed by atoms with Crippen LogP contribution < -0.4 is 5.32 Å². The molecule has 2 aromatic carbocycles. The third-order valence-corrected chi connectivity index (χ3v) is 5.18. The summed E-state index contributed by atoms with van der Waals surface area (Å²) in [5.41, 5.74) is 2.79. The van der Waals surface area contributed by atoms with Crippen LogP contribution in [-0.2, 0) is 0 Å². The molecule has 4 heteroatoms. The molecule has 2 saturated heterocycles. The van der Waals surface area contributed by atoms with Gasteiger partial charge in [-0.25, -0.2) is 0 Å². The van der Waals surface area contributed by atoms with Crippen LogP contribution in [-0.4, -0.2) is 36.0 Å². The molecular formula is C19H19ClN2O. The van der Waals surface area contributed by atoms with Crippen LogP contribution in [0.5, 0.6) is 0 Å². The Labute approximate surface area is 141 Å². The molecule has 1 amide bonds. The molecule has 2 aliphatic rings. The molecule has 0 saturated carbocycles. The lowest BCUT2D eigenvalue weighted by atomic mass is 9.98. The van der Waals surface area contributed by atoms with Crippen molar-refractivity contribution in [3.63, 3.8) is 0 Å². The van der Waals surface area contributed by atoms with Crippen molar-refractivity contribution in [3.05, 3.63) is 59.1 Å². The lowest BCUT2D eigenvalue weighted by molar-refractivity contribution is 0.0620. The number of carbonyl (C=O) groups excluding carboxylic acids is 1. The van der Waals surface area contributed by atoms with Crippen molar-refractivity contribution in [2.24, 2.45) is 0 Å². The number of hydrogen-bond acceptors (Lipinski definition) is 2. The van der Waals surface area contributed by atoms with Gasteiger partial charge in [0.15, 0.2) is 0 Å². The Hall–Kier alpha value is -1.84. The summed E-state index contributed by atoms with van der Waals surface area (Å²) in [6, 6.07) is 16.2. The Morgan fingerprint density at radius 2 is 1.65 bits per heavy atom. The minimum absolute atomic E-state index is 0.157. The highest BCUT2D eigenvalue weighted by molar-refractivity contribution is 6.30. The van der Waals surface area contributed by atoms with Gasteiger partial charge >= 0.3 is 0 Å². The average Bonchev–Trinajstić information content (AvgIpc) is 2.84. The van der Waals surface area contributed by atoms with Gasteiger partial charge in [-0.15, -0.1) is 0 Å². The zero-order valence-corrected chi connectivity index (χ0v) is 13.6. The van der Waals surface area contributed by atoms with Gasteiger partial charge in [-0.05, 0) is 42.2 Å². The Morgan fingerprint density at radius 1 is 1.00 bits per heavy atom. The van der Waals surface area contributed by atoms with Crippen molar-refractivity contribution in [2.45, 2.75) is 24.9 Å². The number of benzene rings is 2. The molecule has 4 rings (SSSR count). The van der Waals surface area contributed by atoms with Crippen molar-refractivity contribution in [1.29, 1.82) is 0 Å². The molecule has 2 aliphatic heterocycles. The van der Waals surface area contributed by atoms with Gasteiger partial charge in [0.25, 0.3) is 5.91 Å². The molecule has 2 aromatic rings. The predicted octanol–water partition coefficient (Wildman–Crippen LogP) is 3.58. The molecule has 118 valence electrons. The van der Waals surface area contributed by atoms with Gasteiger partial charge in [0.05, 0.1) is 0 Å². The number of fused-ring (bicyclic) bond motifs is 2. The first kappa shape index (κ1) is 14.7. The fourth-order valence-electron chi connectivity index (χ4n) is 3.80. The predicted molar refractivity (Wildman–Crippen MR) is 92.7 cm³/mol. The maximum absolute atomic E-state index is 13.2. The molecule has 0 radical (unpaired) electrons. The quantitative estimate of drug-likeness (QED) is 0.914. The van der Waals surface area contributed by atoms with Crippen molar-refractivity contribution < 1.29 is 4.79 Å². The Balaban J connectivity index is 1.72. The van der Waals surface area contributed by atoms with Gasteiger partial charge in [0, 0.05) is 35.8 Å². The van der Waals surface area contributed by atoms with Crippen LogP contribution in [0.25, 0.3) is 11.1 Å². The third-order valence-electron chi connectivity index (χ3n) is 4.93. The van der Waals surface area contributed by atoms with Crippen LogP contribution in [0.2, 0.25) is 5.02 Å². The molecular weight excluding hydrogens is 308 g/mol. The zero-order chi connectivity index (χ0) is 15.8. The summed E-state index contributed by atoms with van der Waals surface area (Å²) in [5.74, 6) is 0.157. The van der Waals surface area contributed by atoms with Crippen molar-refractivity contribution in [3.8, 4) is 11.1 Å². The summed E-state index contributed by atoms with van der Waals surface area (Å²) in [5, 5.41) is 4.13. The monoisotopic (exact) mass is 326 g/mol. The van der Waals surface area contributed by atoms with E-state index >= 15 is 0 Å². The van der Waals surface area contributed by atoms with Crippen LogP contribution in [0.1, 0.15) is 23.2 Å². The molecule has 1 N–H and O–H groups in total. The van der Waals surface area contributed by atoms with E-state index in [2.05, 4.69) is 10.2 Å². The number of nitrogens with one attached hydrogen (secondary N) is 1. The summed E-state index contributed by atoms with van der Waals surface area (Å²) in [4.78, 5) is 15.3. The van der Waals surface area contributed by atoms with Crippen LogP contribution in [0.3, 0.4) is 0 Å². The topological polar surface area (TPSA) is 32.3 Å². The normalized spacial score (nSPS) is 23.1. The van der Waals surface area contributed by atoms with Gasteiger partial charge in [-0.3, -0.25) is 4.79 Å². The van der Waals surface area contributed by atoms with E-state index in [1.54, 1.807) is 0 Å². The Bertz CT molecular complexity index is 712. The molecule has 0 aromatic heterocycles. The van der Waals surface area contributed by atoms with Gasteiger partial charge in [0.2, 0.25) is 0 Å². The molecule has 0 spiro atoms. The fourth-order valence-corrected chi connectivity index (χ4v) is 3.93. The average molecular weight is 327 g/mol. The zero-order valence-electron chi connectivity index (χ0n) is 12.8. The van der Waals surface area contributed by atoms with Crippen LogP contribution in [0, 0.1) is 0 Å². The molecule has 2 fully saturated rings. The smallest absolute Gasteiger partial charge is 0.255 e. The summed E-state index contributed by atoms with van der Waals surface area (Å²) >= 11 is 5.99. The molecule has 2 bridgehead atoms. The molecule has 3 nitrogen and oxygen atoms in total. The van der Waals surface area contributed by atoms with E-state index in [4.69, 9.17) is 11.6 Å². The number of carbonyl (C=O) groups is 1. The summed E-state index contributed by atoms with van der Waals surface area (Å²) in [7, 11) is 0. The maximum Gasteiger partial charge on any atom is 0.255 e. The second-order valence-corrected chi connectivity index (χ2v) is 6.74. The first-order valence-electron chi connectivity index (χ1n) is 8.12. The lowest BCUT2D eigenvalue weighted by Crippen LogP contribution is -2.54. The first-order valence-corrected chi connectivity index (χ1v) is 8.50. The molecule has 2 heterocycles. The van der Waals surface area contributed by atoms with E-state index in [0.29, 0.717) is 17.1 Å². The highest BCUT2D eigenvalue weighted by Gasteiger charge is 2.40. The van der Waals surface area contributed by atoms with Crippen molar-refractivity contribution in [2.75, 3.05) is 13.1 Å². The molecule has 0 aliphatic carbocycles. The maximum atomic E-state index is 13.2. The van der Waals surface area contributed by atoms with E-state index in [-0.39, 0.29) is 5.91 Å². The van der Waals surface area contributed by atoms with E-state index in [0.717, 1.165) is 42.6 Å². The van der Waals surface area contributed by atoms with Crippen molar-refractivity contribution in [1.82, 2.24) is 10.2 Å². The molecule has 2 atom stereocenters. The Morgan fingerprint density at radius 3 is 2.35 bits per heavy atom. The van der Waals surface area contributed by atoms with E-state index in [9.17, 15) is 4.79 Å². The summed E-state index contributed by atoms with van der Waals surface area (Å²) in [6.45, 7) is 1.82. The third kappa shape index (κ3) is 2.64. The van der Waals surface area contributed by atoms with E-state index < -0.39 is 0 Å². The van der Waals surface area contributed by atoms with Crippen molar-refractivity contribution >= 4 is 17.5 Å². The summed E-state index contributed by atoms with van der Waals surface area (Å²) in [6.07, 6.45) is 2.21. The SMILES string of the molecule is O=C(c1ccccc1-c1ccc(Cl)cc1)N1C2CCC1CNC2. The highest BCUT2D eigenvalue weighted by atomic mass is 35.5. The summed E-state index contributed by atoms with van der Waals surface area (Å²) < 4.78 is 0. The first-order chi connectivity index (χ1) is 11.2. The standard InChI is InChI=1S/C19H19ClN2O/c20-14-7-5-13(6-8-14)17-3-1-2-4-18(17)19(23)22-15-9-10-16(22)12-21-11-15/h1-8,15-16,21H,9-12H2. The number of nitrogens with zero attached hydrogens (tertiary/aromatic N) is 1. The fraction of sp³-hybridized carbons (Fsp3) is 0.316. The van der Waals surface area contributed by atoms with Gasteiger partial charge < -0.3 is 10.2 Å². The Kier molecular flexibility index (Phi) is 3.83. The van der Waals surface area contributed by atoms with Crippen LogP contribution in [0.15, 0.2) is 48.5 Å². The highest BCUT2D eigenvalue weighted by Crippen LogP contribution is 2.32. The number of piperazine rings is 1. The van der Waals surface area contributed by atoms with E-state index in [1.165, 1.54) is 0 Å². The lowest BCUT2D eigenvalue weighted by Gasteiger charge is -2.35. The minimum Gasteiger partial charge on any atom is -0.330 e. The van der Waals surface area contributed by atoms with E-state index in [1.807, 2.05) is 48.5 Å². The van der Waals surface area contributed by atoms with Gasteiger partial charge in [-0.1, -0.05) is 41.9 Å². The van der Waals surface area contributed by atoms with Gasteiger partial charge in [-0.2, -0.15) is 0 Å². The molecule has 23 heavy (non-hydrogen) atoms. The molecule has 2 unspecified atom stereocenters. The number of hydrogen-bond donors (Lipinski definition) is 1. The van der Waals surface area contributed by atoms with Crippen LogP contribution in [0.4, 0.5) is 0 Å². The van der Waals surface area contributed by atoms with Gasteiger partial charge in [0.1, 0.15) is 0 Å². The second-order valence-electron chi connectivity index (χ2n) is 6.31. The largest absolute Gasteiger partial charge is 0.330 e. The number of amides is 1. The number of rotatable bonds is 2. The number of halogens is 1. The van der Waals surface area contributed by atoms with Crippen LogP contribution >= 0.6 is 11.6 Å². The minimum atomic E-state index is 0.157.